The van der Waals surface area contributed by atoms with Gasteiger partial charge in [0.15, 0.2) is 0 Å². The van der Waals surface area contributed by atoms with Gasteiger partial charge < -0.3 is 10.5 Å². The van der Waals surface area contributed by atoms with Crippen molar-refractivity contribution in [1.29, 1.82) is 0 Å². The molecule has 0 spiro atoms. The Morgan fingerprint density at radius 2 is 2.07 bits per heavy atom. The third kappa shape index (κ3) is 3.00. The van der Waals surface area contributed by atoms with Crippen LogP contribution in [0.4, 0.5) is 0 Å². The molecule has 2 N–H and O–H groups in total. The Morgan fingerprint density at radius 1 is 1.21 bits per heavy atom. The summed E-state index contributed by atoms with van der Waals surface area (Å²) < 4.78 is 7.79. The first-order chi connectivity index (χ1) is 14.1. The summed E-state index contributed by atoms with van der Waals surface area (Å²) in [5, 5.41) is 5.44. The van der Waals surface area contributed by atoms with Crippen molar-refractivity contribution >= 4 is 17.2 Å². The molecule has 0 aliphatic carbocycles. The predicted molar refractivity (Wildman–Crippen MR) is 113 cm³/mol. The van der Waals surface area contributed by atoms with Gasteiger partial charge in [-0.05, 0) is 42.8 Å². The highest BCUT2D eigenvalue weighted by molar-refractivity contribution is 7.15. The molecule has 0 atom stereocenters. The maximum absolute atomic E-state index is 11.5. The van der Waals surface area contributed by atoms with E-state index in [0.717, 1.165) is 44.5 Å². The van der Waals surface area contributed by atoms with Crippen LogP contribution in [0, 0.1) is 6.92 Å². The molecule has 0 fully saturated rings. The van der Waals surface area contributed by atoms with Crippen molar-refractivity contribution in [1.82, 2.24) is 14.8 Å². The number of carbonyl (C=O) groups excluding carboxylic acids is 1. The number of thiazole rings is 1. The van der Waals surface area contributed by atoms with E-state index in [-0.39, 0.29) is 0 Å². The standard InChI is InChI=1S/C22H18N4O2S/c1-13-4-2-3-5-16(13)26-17(8-10-24-26)22-25-20-15-7-6-14(21(23)27)12-18(15)28-11-9-19(20)29-22/h2-8,10,12H,9,11H2,1H3,(H2,23,27). The largest absolute Gasteiger partial charge is 0.492 e. The van der Waals surface area contributed by atoms with Crippen LogP contribution in [0.25, 0.3) is 27.6 Å². The number of rotatable bonds is 3. The van der Waals surface area contributed by atoms with E-state index in [1.807, 2.05) is 28.9 Å². The molecule has 1 aliphatic heterocycles. The van der Waals surface area contributed by atoms with Gasteiger partial charge in [-0.1, -0.05) is 18.2 Å². The van der Waals surface area contributed by atoms with Crippen LogP contribution < -0.4 is 10.5 Å². The van der Waals surface area contributed by atoms with Crippen LogP contribution in [0.1, 0.15) is 20.8 Å². The van der Waals surface area contributed by atoms with Gasteiger partial charge in [0.1, 0.15) is 16.5 Å². The Labute approximate surface area is 171 Å². The number of aryl methyl sites for hydroxylation is 1. The Kier molecular flexibility index (Phi) is 4.17. The van der Waals surface area contributed by atoms with Gasteiger partial charge in [-0.15, -0.1) is 11.3 Å². The van der Waals surface area contributed by atoms with Gasteiger partial charge in [0.05, 0.1) is 24.2 Å². The number of para-hydroxylation sites is 1. The molecular formula is C22H18N4O2S. The highest BCUT2D eigenvalue weighted by Crippen LogP contribution is 2.41. The summed E-state index contributed by atoms with van der Waals surface area (Å²) in [6.07, 6.45) is 2.55. The zero-order chi connectivity index (χ0) is 20.0. The molecule has 5 rings (SSSR count). The lowest BCUT2D eigenvalue weighted by Crippen LogP contribution is -2.11. The molecule has 1 amide bonds. The summed E-state index contributed by atoms with van der Waals surface area (Å²) in [5.41, 5.74) is 10.8. The first-order valence-corrected chi connectivity index (χ1v) is 10.1. The lowest BCUT2D eigenvalue weighted by atomic mass is 10.1. The van der Waals surface area contributed by atoms with Crippen molar-refractivity contribution in [3.05, 3.63) is 70.7 Å². The minimum absolute atomic E-state index is 0.431. The average molecular weight is 402 g/mol. The fourth-order valence-corrected chi connectivity index (χ4v) is 4.61. The minimum atomic E-state index is -0.470. The van der Waals surface area contributed by atoms with E-state index < -0.39 is 5.91 Å². The number of benzene rings is 2. The van der Waals surface area contributed by atoms with Gasteiger partial charge in [-0.3, -0.25) is 4.79 Å². The molecule has 3 heterocycles. The Morgan fingerprint density at radius 3 is 2.90 bits per heavy atom. The maximum atomic E-state index is 11.5. The fraction of sp³-hybridized carbons (Fsp3) is 0.136. The second kappa shape index (κ2) is 6.86. The van der Waals surface area contributed by atoms with Crippen LogP contribution >= 0.6 is 11.3 Å². The summed E-state index contributed by atoms with van der Waals surface area (Å²) in [5.74, 6) is 0.172. The number of amides is 1. The van der Waals surface area contributed by atoms with Crippen LogP contribution in [-0.4, -0.2) is 27.3 Å². The number of hydrogen-bond donors (Lipinski definition) is 1. The van der Waals surface area contributed by atoms with E-state index in [1.165, 1.54) is 0 Å². The second-order valence-corrected chi connectivity index (χ2v) is 7.96. The highest BCUT2D eigenvalue weighted by atomic mass is 32.1. The van der Waals surface area contributed by atoms with E-state index in [2.05, 4.69) is 24.2 Å². The molecule has 2 aromatic carbocycles. The molecule has 7 heteroatoms. The van der Waals surface area contributed by atoms with Crippen molar-refractivity contribution in [2.24, 2.45) is 5.73 Å². The molecule has 0 saturated heterocycles. The molecule has 0 unspecified atom stereocenters. The van der Waals surface area contributed by atoms with Crippen molar-refractivity contribution < 1.29 is 9.53 Å². The Hall–Kier alpha value is -3.45. The zero-order valence-electron chi connectivity index (χ0n) is 15.8. The van der Waals surface area contributed by atoms with Gasteiger partial charge in [0, 0.05) is 22.4 Å². The van der Waals surface area contributed by atoms with E-state index in [9.17, 15) is 4.79 Å². The number of primary amides is 1. The van der Waals surface area contributed by atoms with Crippen LogP contribution in [0.5, 0.6) is 5.75 Å². The molecule has 0 bridgehead atoms. The first-order valence-electron chi connectivity index (χ1n) is 9.29. The number of nitrogens with zero attached hydrogens (tertiary/aromatic N) is 3. The molecule has 144 valence electrons. The SMILES string of the molecule is Cc1ccccc1-n1nccc1-c1nc2c(s1)CCOc1cc(C(N)=O)ccc1-2. The minimum Gasteiger partial charge on any atom is -0.492 e. The molecular weight excluding hydrogens is 384 g/mol. The number of aromatic nitrogens is 3. The first kappa shape index (κ1) is 17.6. The van der Waals surface area contributed by atoms with Crippen LogP contribution in [0.2, 0.25) is 0 Å². The van der Waals surface area contributed by atoms with Crippen LogP contribution in [0.15, 0.2) is 54.7 Å². The summed E-state index contributed by atoms with van der Waals surface area (Å²) in [7, 11) is 0. The van der Waals surface area contributed by atoms with Crippen LogP contribution in [-0.2, 0) is 6.42 Å². The van der Waals surface area contributed by atoms with Crippen molar-refractivity contribution in [3.63, 3.8) is 0 Å². The molecule has 1 aliphatic rings. The highest BCUT2D eigenvalue weighted by Gasteiger charge is 2.23. The quantitative estimate of drug-likeness (QED) is 0.561. The Bertz CT molecular complexity index is 1240. The number of fused-ring (bicyclic) bond motifs is 3. The maximum Gasteiger partial charge on any atom is 0.248 e. The van der Waals surface area contributed by atoms with E-state index in [4.69, 9.17) is 15.5 Å². The monoisotopic (exact) mass is 402 g/mol. The van der Waals surface area contributed by atoms with Gasteiger partial charge >= 0.3 is 0 Å². The van der Waals surface area contributed by atoms with E-state index >= 15 is 0 Å². The summed E-state index contributed by atoms with van der Waals surface area (Å²) in [6.45, 7) is 2.60. The smallest absolute Gasteiger partial charge is 0.248 e. The number of nitrogens with two attached hydrogens (primary N) is 1. The summed E-state index contributed by atoms with van der Waals surface area (Å²) in [4.78, 5) is 17.6. The normalized spacial score (nSPS) is 12.6. The molecule has 6 nitrogen and oxygen atoms in total. The fourth-order valence-electron chi connectivity index (χ4n) is 3.54. The third-order valence-electron chi connectivity index (χ3n) is 5.01. The Balaban J connectivity index is 1.63. The summed E-state index contributed by atoms with van der Waals surface area (Å²) >= 11 is 1.65. The van der Waals surface area contributed by atoms with Gasteiger partial charge in [0.2, 0.25) is 5.91 Å². The zero-order valence-corrected chi connectivity index (χ0v) is 16.6. The molecule has 2 aromatic heterocycles. The van der Waals surface area contributed by atoms with E-state index in [1.54, 1.807) is 29.7 Å². The van der Waals surface area contributed by atoms with E-state index in [0.29, 0.717) is 17.9 Å². The molecule has 4 aromatic rings. The topological polar surface area (TPSA) is 83.0 Å². The average Bonchev–Trinajstić information content (AvgIpc) is 3.32. The van der Waals surface area contributed by atoms with Crippen molar-refractivity contribution in [2.75, 3.05) is 6.61 Å². The second-order valence-electron chi connectivity index (χ2n) is 6.88. The predicted octanol–water partition coefficient (Wildman–Crippen LogP) is 4.01. The van der Waals surface area contributed by atoms with Gasteiger partial charge in [-0.2, -0.15) is 5.10 Å². The van der Waals surface area contributed by atoms with Crippen LogP contribution in [0.3, 0.4) is 0 Å². The van der Waals surface area contributed by atoms with Gasteiger partial charge in [0.25, 0.3) is 0 Å². The lowest BCUT2D eigenvalue weighted by molar-refractivity contribution is 0.1000. The number of hydrogen-bond acceptors (Lipinski definition) is 5. The van der Waals surface area contributed by atoms with Gasteiger partial charge in [-0.25, -0.2) is 9.67 Å². The third-order valence-corrected chi connectivity index (χ3v) is 6.15. The van der Waals surface area contributed by atoms with Crippen molar-refractivity contribution in [2.45, 2.75) is 13.3 Å². The molecule has 0 saturated carbocycles. The summed E-state index contributed by atoms with van der Waals surface area (Å²) in [6, 6.07) is 15.4. The number of ether oxygens (including phenoxy) is 1. The molecule has 0 radical (unpaired) electrons. The number of carbonyl (C=O) groups is 1. The lowest BCUT2D eigenvalue weighted by Gasteiger charge is -2.09. The van der Waals surface area contributed by atoms with Crippen molar-refractivity contribution in [3.8, 4) is 33.4 Å². The molecule has 29 heavy (non-hydrogen) atoms.